The second-order valence-electron chi connectivity index (χ2n) is 4.63. The number of amides is 1. The largest absolute Gasteiger partial charge is 0.322 e. The van der Waals surface area contributed by atoms with Crippen LogP contribution in [0, 0.1) is 24.4 Å². The normalized spacial score (nSPS) is 12.0. The standard InChI is InChI=1S/C15H13F3N2O/c1-8-2-4-9(5-3-8)14(19)15(21)20-12-7-10(16)6-11(17)13(12)18/h2-7,14H,19H2,1H3,(H,20,21). The van der Waals surface area contributed by atoms with Crippen LogP contribution >= 0.6 is 0 Å². The molecule has 110 valence electrons. The van der Waals surface area contributed by atoms with Crippen LogP contribution in [0.25, 0.3) is 0 Å². The number of carbonyl (C=O) groups is 1. The fourth-order valence-electron chi connectivity index (χ4n) is 1.78. The number of anilines is 1. The maximum absolute atomic E-state index is 13.5. The molecule has 0 aliphatic heterocycles. The van der Waals surface area contributed by atoms with Crippen molar-refractivity contribution in [2.75, 3.05) is 5.32 Å². The summed E-state index contributed by atoms with van der Waals surface area (Å²) in [6, 6.07) is 6.86. The molecule has 0 aliphatic rings. The molecule has 0 fully saturated rings. The predicted octanol–water partition coefficient (Wildman–Crippen LogP) is 3.05. The molecule has 0 bridgehead atoms. The van der Waals surface area contributed by atoms with Crippen LogP contribution in [0.4, 0.5) is 18.9 Å². The van der Waals surface area contributed by atoms with E-state index in [0.717, 1.165) is 5.56 Å². The van der Waals surface area contributed by atoms with E-state index in [1.54, 1.807) is 24.3 Å². The summed E-state index contributed by atoms with van der Waals surface area (Å²) in [5.74, 6) is -4.47. The Kier molecular flexibility index (Phi) is 4.28. The third-order valence-corrected chi connectivity index (χ3v) is 2.97. The molecule has 6 heteroatoms. The van der Waals surface area contributed by atoms with Crippen LogP contribution in [0.15, 0.2) is 36.4 Å². The Labute approximate surface area is 119 Å². The minimum absolute atomic E-state index is 0.394. The SMILES string of the molecule is Cc1ccc(C(N)C(=O)Nc2cc(F)cc(F)c2F)cc1. The summed E-state index contributed by atoms with van der Waals surface area (Å²) in [5.41, 5.74) is 6.66. The van der Waals surface area contributed by atoms with Gasteiger partial charge in [0.1, 0.15) is 11.9 Å². The van der Waals surface area contributed by atoms with Gasteiger partial charge >= 0.3 is 0 Å². The molecule has 0 saturated carbocycles. The second-order valence-corrected chi connectivity index (χ2v) is 4.63. The van der Waals surface area contributed by atoms with E-state index in [0.29, 0.717) is 17.7 Å². The summed E-state index contributed by atoms with van der Waals surface area (Å²) >= 11 is 0. The Morgan fingerprint density at radius 1 is 1.14 bits per heavy atom. The van der Waals surface area contributed by atoms with Crippen molar-refractivity contribution in [3.05, 3.63) is 65.0 Å². The number of rotatable bonds is 3. The Hall–Kier alpha value is -2.34. The smallest absolute Gasteiger partial charge is 0.245 e. The molecule has 2 aromatic carbocycles. The Bertz CT molecular complexity index is 671. The van der Waals surface area contributed by atoms with Crippen molar-refractivity contribution in [1.29, 1.82) is 0 Å². The van der Waals surface area contributed by atoms with Crippen LogP contribution < -0.4 is 11.1 Å². The summed E-state index contributed by atoms with van der Waals surface area (Å²) in [5, 5.41) is 2.09. The van der Waals surface area contributed by atoms with Crippen molar-refractivity contribution in [2.24, 2.45) is 5.73 Å². The van der Waals surface area contributed by atoms with Crippen molar-refractivity contribution in [3.63, 3.8) is 0 Å². The fourth-order valence-corrected chi connectivity index (χ4v) is 1.78. The van der Waals surface area contributed by atoms with Crippen LogP contribution in [0.5, 0.6) is 0 Å². The van der Waals surface area contributed by atoms with Gasteiger partial charge in [-0.1, -0.05) is 29.8 Å². The monoisotopic (exact) mass is 294 g/mol. The van der Waals surface area contributed by atoms with Gasteiger partial charge in [0.25, 0.3) is 0 Å². The number of hydrogen-bond acceptors (Lipinski definition) is 2. The minimum atomic E-state index is -1.38. The molecule has 1 atom stereocenters. The van der Waals surface area contributed by atoms with Crippen molar-refractivity contribution >= 4 is 11.6 Å². The lowest BCUT2D eigenvalue weighted by atomic mass is 10.1. The molecule has 0 spiro atoms. The number of hydrogen-bond donors (Lipinski definition) is 2. The zero-order chi connectivity index (χ0) is 15.6. The first-order chi connectivity index (χ1) is 9.88. The second kappa shape index (κ2) is 5.97. The highest BCUT2D eigenvalue weighted by atomic mass is 19.2. The predicted molar refractivity (Wildman–Crippen MR) is 73.1 cm³/mol. The first kappa shape index (κ1) is 15.1. The topological polar surface area (TPSA) is 55.1 Å². The molecule has 21 heavy (non-hydrogen) atoms. The highest BCUT2D eigenvalue weighted by Crippen LogP contribution is 2.21. The Morgan fingerprint density at radius 3 is 2.38 bits per heavy atom. The van der Waals surface area contributed by atoms with Crippen LogP contribution in [-0.2, 0) is 4.79 Å². The highest BCUT2D eigenvalue weighted by Gasteiger charge is 2.19. The molecule has 1 amide bonds. The van der Waals surface area contributed by atoms with Crippen LogP contribution in [0.2, 0.25) is 0 Å². The third kappa shape index (κ3) is 3.41. The number of carbonyl (C=O) groups excluding carboxylic acids is 1. The number of benzene rings is 2. The van der Waals surface area contributed by atoms with E-state index in [4.69, 9.17) is 5.73 Å². The third-order valence-electron chi connectivity index (χ3n) is 2.97. The number of halogens is 3. The Morgan fingerprint density at radius 2 is 1.76 bits per heavy atom. The fraction of sp³-hybridized carbons (Fsp3) is 0.133. The molecular formula is C15H13F3N2O. The van der Waals surface area contributed by atoms with Crippen LogP contribution in [-0.4, -0.2) is 5.91 Å². The lowest BCUT2D eigenvalue weighted by Gasteiger charge is -2.13. The zero-order valence-corrected chi connectivity index (χ0v) is 11.2. The average Bonchev–Trinajstić information content (AvgIpc) is 2.44. The maximum atomic E-state index is 13.5. The van der Waals surface area contributed by atoms with Gasteiger partial charge in [0, 0.05) is 12.1 Å². The highest BCUT2D eigenvalue weighted by molar-refractivity contribution is 5.95. The number of nitrogens with two attached hydrogens (primary N) is 1. The molecule has 2 rings (SSSR count). The van der Waals surface area contributed by atoms with Crippen LogP contribution in [0.1, 0.15) is 17.2 Å². The van der Waals surface area contributed by atoms with Gasteiger partial charge in [0.2, 0.25) is 5.91 Å². The van der Waals surface area contributed by atoms with Gasteiger partial charge in [0.05, 0.1) is 5.69 Å². The molecule has 3 N–H and O–H groups in total. The first-order valence-electron chi connectivity index (χ1n) is 6.16. The van der Waals surface area contributed by atoms with Gasteiger partial charge in [-0.15, -0.1) is 0 Å². The average molecular weight is 294 g/mol. The van der Waals surface area contributed by atoms with E-state index in [1.807, 2.05) is 6.92 Å². The summed E-state index contributed by atoms with van der Waals surface area (Å²) < 4.78 is 39.6. The zero-order valence-electron chi connectivity index (χ0n) is 11.2. The minimum Gasteiger partial charge on any atom is -0.322 e. The molecule has 0 radical (unpaired) electrons. The molecule has 1 unspecified atom stereocenters. The Balaban J connectivity index is 2.20. The van der Waals surface area contributed by atoms with E-state index >= 15 is 0 Å². The summed E-state index contributed by atoms with van der Waals surface area (Å²) in [6.07, 6.45) is 0. The van der Waals surface area contributed by atoms with Gasteiger partial charge in [-0.05, 0) is 12.5 Å². The lowest BCUT2D eigenvalue weighted by Crippen LogP contribution is -2.28. The summed E-state index contributed by atoms with van der Waals surface area (Å²) in [6.45, 7) is 1.88. The molecular weight excluding hydrogens is 281 g/mol. The van der Waals surface area contributed by atoms with E-state index < -0.39 is 35.1 Å². The van der Waals surface area contributed by atoms with Crippen molar-refractivity contribution < 1.29 is 18.0 Å². The molecule has 2 aromatic rings. The van der Waals surface area contributed by atoms with E-state index in [-0.39, 0.29) is 0 Å². The molecule has 3 nitrogen and oxygen atoms in total. The number of nitrogens with one attached hydrogen (secondary N) is 1. The van der Waals surface area contributed by atoms with Crippen molar-refractivity contribution in [2.45, 2.75) is 13.0 Å². The van der Waals surface area contributed by atoms with Gasteiger partial charge in [-0.3, -0.25) is 4.79 Å². The van der Waals surface area contributed by atoms with E-state index in [1.165, 1.54) is 0 Å². The summed E-state index contributed by atoms with van der Waals surface area (Å²) in [4.78, 5) is 11.9. The first-order valence-corrected chi connectivity index (χ1v) is 6.16. The number of aryl methyl sites for hydroxylation is 1. The quantitative estimate of drug-likeness (QED) is 0.855. The van der Waals surface area contributed by atoms with Crippen molar-refractivity contribution in [3.8, 4) is 0 Å². The van der Waals surface area contributed by atoms with Gasteiger partial charge in [-0.2, -0.15) is 0 Å². The molecule has 0 heterocycles. The lowest BCUT2D eigenvalue weighted by molar-refractivity contribution is -0.117. The van der Waals surface area contributed by atoms with E-state index in [2.05, 4.69) is 5.32 Å². The van der Waals surface area contributed by atoms with Gasteiger partial charge < -0.3 is 11.1 Å². The van der Waals surface area contributed by atoms with Crippen molar-refractivity contribution in [1.82, 2.24) is 0 Å². The maximum Gasteiger partial charge on any atom is 0.245 e. The molecule has 0 saturated heterocycles. The van der Waals surface area contributed by atoms with Gasteiger partial charge in [0.15, 0.2) is 11.6 Å². The molecule has 0 aromatic heterocycles. The van der Waals surface area contributed by atoms with E-state index in [9.17, 15) is 18.0 Å². The molecule has 0 aliphatic carbocycles. The van der Waals surface area contributed by atoms with Gasteiger partial charge in [-0.25, -0.2) is 13.2 Å². The summed E-state index contributed by atoms with van der Waals surface area (Å²) in [7, 11) is 0. The van der Waals surface area contributed by atoms with Crippen LogP contribution in [0.3, 0.4) is 0 Å².